The molecule has 2 amide bonds. The van der Waals surface area contributed by atoms with E-state index in [1.165, 1.54) is 6.20 Å². The number of aldehydes is 1. The van der Waals surface area contributed by atoms with E-state index in [4.69, 9.17) is 0 Å². The van der Waals surface area contributed by atoms with E-state index in [1.807, 2.05) is 18.2 Å². The number of aromatic nitrogens is 1. The van der Waals surface area contributed by atoms with Crippen molar-refractivity contribution in [1.29, 1.82) is 0 Å². The van der Waals surface area contributed by atoms with E-state index < -0.39 is 0 Å². The number of hydrogen-bond acceptors (Lipinski definition) is 4. The number of nitrogens with zero attached hydrogens (tertiary/aromatic N) is 1. The van der Waals surface area contributed by atoms with Crippen LogP contribution in [0.1, 0.15) is 34.7 Å². The third-order valence-corrected chi connectivity index (χ3v) is 3.53. The maximum absolute atomic E-state index is 12.0. The minimum absolute atomic E-state index is 0.238. The Bertz CT molecular complexity index is 724. The van der Waals surface area contributed by atoms with Crippen molar-refractivity contribution in [3.05, 3.63) is 41.6 Å². The number of hydrogen-bond donors (Lipinski definition) is 1. The maximum atomic E-state index is 12.0. The first-order valence-electron chi connectivity index (χ1n) is 6.36. The second-order valence-electron chi connectivity index (χ2n) is 4.80. The monoisotopic (exact) mass is 268 g/mol. The molecule has 0 aliphatic carbocycles. The van der Waals surface area contributed by atoms with Crippen molar-refractivity contribution in [2.24, 2.45) is 0 Å². The lowest BCUT2D eigenvalue weighted by Crippen LogP contribution is -2.39. The molecule has 1 atom stereocenters. The number of benzene rings is 1. The Hall–Kier alpha value is -2.56. The summed E-state index contributed by atoms with van der Waals surface area (Å²) in [6.07, 6.45) is 3.04. The molecule has 1 aliphatic heterocycles. The molecule has 5 heteroatoms. The second-order valence-corrected chi connectivity index (χ2v) is 4.80. The molecule has 1 N–H and O–H groups in total. The molecule has 0 bridgehead atoms. The first kappa shape index (κ1) is 12.5. The minimum atomic E-state index is -0.375. The summed E-state index contributed by atoms with van der Waals surface area (Å²) in [4.78, 5) is 38.3. The van der Waals surface area contributed by atoms with E-state index in [2.05, 4.69) is 10.3 Å². The summed E-state index contributed by atoms with van der Waals surface area (Å²) in [5.74, 6) is -0.899. The molecule has 0 radical (unpaired) electrons. The van der Waals surface area contributed by atoms with Crippen LogP contribution in [0.3, 0.4) is 0 Å². The standard InChI is InChI=1S/C15H12N2O3/c18-8-9-6-12-10(2-1-3-13(12)16-7-9)11-4-5-14(19)17-15(11)20/h1-3,6-8,11H,4-5H2,(H,17,19,20). The van der Waals surface area contributed by atoms with E-state index in [-0.39, 0.29) is 17.7 Å². The van der Waals surface area contributed by atoms with Gasteiger partial charge in [-0.3, -0.25) is 24.7 Å². The van der Waals surface area contributed by atoms with Crippen molar-refractivity contribution < 1.29 is 14.4 Å². The Balaban J connectivity index is 2.13. The summed E-state index contributed by atoms with van der Waals surface area (Å²) >= 11 is 0. The van der Waals surface area contributed by atoms with Gasteiger partial charge < -0.3 is 0 Å². The number of nitrogens with one attached hydrogen (secondary N) is 1. The molecule has 0 saturated carbocycles. The van der Waals surface area contributed by atoms with Gasteiger partial charge in [0.2, 0.25) is 11.8 Å². The number of amides is 2. The van der Waals surface area contributed by atoms with Crippen molar-refractivity contribution in [3.63, 3.8) is 0 Å². The van der Waals surface area contributed by atoms with Gasteiger partial charge in [0.25, 0.3) is 0 Å². The number of piperidine rings is 1. The number of fused-ring (bicyclic) bond motifs is 1. The SMILES string of the molecule is O=Cc1cnc2cccc(C3CCC(=O)NC3=O)c2c1. The van der Waals surface area contributed by atoms with Crippen molar-refractivity contribution in [1.82, 2.24) is 10.3 Å². The zero-order valence-corrected chi connectivity index (χ0v) is 10.6. The van der Waals surface area contributed by atoms with Gasteiger partial charge in [-0.1, -0.05) is 12.1 Å². The van der Waals surface area contributed by atoms with Gasteiger partial charge in [0.15, 0.2) is 6.29 Å². The van der Waals surface area contributed by atoms with Crippen LogP contribution < -0.4 is 5.32 Å². The highest BCUT2D eigenvalue weighted by molar-refractivity contribution is 6.03. The van der Waals surface area contributed by atoms with Crippen LogP contribution in [0.5, 0.6) is 0 Å². The molecule has 2 aromatic rings. The van der Waals surface area contributed by atoms with E-state index in [9.17, 15) is 14.4 Å². The average molecular weight is 268 g/mol. The van der Waals surface area contributed by atoms with Gasteiger partial charge in [0.05, 0.1) is 11.4 Å². The van der Waals surface area contributed by atoms with Gasteiger partial charge >= 0.3 is 0 Å². The van der Waals surface area contributed by atoms with Gasteiger partial charge in [-0.2, -0.15) is 0 Å². The fourth-order valence-electron chi connectivity index (χ4n) is 2.55. The van der Waals surface area contributed by atoms with Crippen LogP contribution >= 0.6 is 0 Å². The molecule has 3 rings (SSSR count). The van der Waals surface area contributed by atoms with Crippen LogP contribution in [0.15, 0.2) is 30.5 Å². The van der Waals surface area contributed by atoms with E-state index in [1.54, 1.807) is 6.07 Å². The topological polar surface area (TPSA) is 76.1 Å². The molecule has 5 nitrogen and oxygen atoms in total. The van der Waals surface area contributed by atoms with Crippen molar-refractivity contribution in [3.8, 4) is 0 Å². The lowest BCUT2D eigenvalue weighted by molar-refractivity contribution is -0.134. The summed E-state index contributed by atoms with van der Waals surface area (Å²) in [5.41, 5.74) is 2.01. The Morgan fingerprint density at radius 2 is 2.15 bits per heavy atom. The zero-order chi connectivity index (χ0) is 14.1. The molecule has 2 heterocycles. The molecule has 1 aromatic carbocycles. The van der Waals surface area contributed by atoms with Gasteiger partial charge in [-0.25, -0.2) is 0 Å². The first-order chi connectivity index (χ1) is 9.69. The van der Waals surface area contributed by atoms with Gasteiger partial charge in [0, 0.05) is 23.6 Å². The summed E-state index contributed by atoms with van der Waals surface area (Å²) in [6, 6.07) is 7.24. The van der Waals surface area contributed by atoms with Crippen LogP contribution in [0, 0.1) is 0 Å². The minimum Gasteiger partial charge on any atom is -0.298 e. The summed E-state index contributed by atoms with van der Waals surface area (Å²) in [7, 11) is 0. The van der Waals surface area contributed by atoms with Gasteiger partial charge in [0.1, 0.15) is 0 Å². The fraction of sp³-hybridized carbons (Fsp3) is 0.200. The van der Waals surface area contributed by atoms with Crippen molar-refractivity contribution in [2.75, 3.05) is 0 Å². The van der Waals surface area contributed by atoms with E-state index in [0.717, 1.165) is 22.8 Å². The zero-order valence-electron chi connectivity index (χ0n) is 10.6. The second kappa shape index (κ2) is 4.85. The quantitative estimate of drug-likeness (QED) is 0.662. The highest BCUT2D eigenvalue weighted by atomic mass is 16.2. The average Bonchev–Trinajstić information content (AvgIpc) is 2.46. The molecule has 0 spiro atoms. The van der Waals surface area contributed by atoms with Crippen LogP contribution in [0.2, 0.25) is 0 Å². The number of rotatable bonds is 2. The first-order valence-corrected chi connectivity index (χ1v) is 6.36. The molecule has 1 aromatic heterocycles. The highest BCUT2D eigenvalue weighted by Gasteiger charge is 2.29. The number of imide groups is 1. The predicted octanol–water partition coefficient (Wildman–Crippen LogP) is 1.57. The number of carbonyl (C=O) groups is 3. The molecular formula is C15H12N2O3. The molecule has 1 saturated heterocycles. The molecule has 1 unspecified atom stereocenters. The molecule has 1 aliphatic rings. The fourth-order valence-corrected chi connectivity index (χ4v) is 2.55. The summed E-state index contributed by atoms with van der Waals surface area (Å²) in [6.45, 7) is 0. The normalized spacial score (nSPS) is 18.9. The smallest absolute Gasteiger partial charge is 0.234 e. The summed E-state index contributed by atoms with van der Waals surface area (Å²) < 4.78 is 0. The molecule has 1 fully saturated rings. The van der Waals surface area contributed by atoms with Crippen molar-refractivity contribution in [2.45, 2.75) is 18.8 Å². The molecule has 100 valence electrons. The third-order valence-electron chi connectivity index (χ3n) is 3.53. The van der Waals surface area contributed by atoms with Crippen LogP contribution in [0.4, 0.5) is 0 Å². The Morgan fingerprint density at radius 3 is 2.90 bits per heavy atom. The van der Waals surface area contributed by atoms with Gasteiger partial charge in [-0.05, 0) is 24.1 Å². The molecular weight excluding hydrogens is 256 g/mol. The van der Waals surface area contributed by atoms with Gasteiger partial charge in [-0.15, -0.1) is 0 Å². The maximum Gasteiger partial charge on any atom is 0.234 e. The molecule has 20 heavy (non-hydrogen) atoms. The Labute approximate surface area is 115 Å². The summed E-state index contributed by atoms with van der Waals surface area (Å²) in [5, 5.41) is 3.14. The number of carbonyl (C=O) groups excluding carboxylic acids is 3. The lowest BCUT2D eigenvalue weighted by Gasteiger charge is -2.22. The van der Waals surface area contributed by atoms with Crippen LogP contribution in [-0.4, -0.2) is 23.1 Å². The number of pyridine rings is 1. The van der Waals surface area contributed by atoms with Crippen LogP contribution in [-0.2, 0) is 9.59 Å². The van der Waals surface area contributed by atoms with Crippen molar-refractivity contribution >= 4 is 29.0 Å². The van der Waals surface area contributed by atoms with E-state index in [0.29, 0.717) is 18.4 Å². The van der Waals surface area contributed by atoms with E-state index >= 15 is 0 Å². The largest absolute Gasteiger partial charge is 0.298 e. The van der Waals surface area contributed by atoms with Crippen LogP contribution in [0.25, 0.3) is 10.9 Å². The Kier molecular flexibility index (Phi) is 3.02. The third kappa shape index (κ3) is 2.07. The predicted molar refractivity (Wildman–Crippen MR) is 72.3 cm³/mol. The highest BCUT2D eigenvalue weighted by Crippen LogP contribution is 2.30. The Morgan fingerprint density at radius 1 is 1.30 bits per heavy atom. The lowest BCUT2D eigenvalue weighted by atomic mass is 9.88.